The van der Waals surface area contributed by atoms with Crippen molar-refractivity contribution in [2.45, 2.75) is 77.3 Å². The minimum absolute atomic E-state index is 0.151. The van der Waals surface area contributed by atoms with Crippen LogP contribution in [0.25, 0.3) is 0 Å². The first-order valence-electron chi connectivity index (χ1n) is 9.24. The minimum atomic E-state index is -0.762. The van der Waals surface area contributed by atoms with Gasteiger partial charge < -0.3 is 10.6 Å². The van der Waals surface area contributed by atoms with Crippen LogP contribution < -0.4 is 10.6 Å². The van der Waals surface area contributed by atoms with Crippen LogP contribution in [0.2, 0.25) is 0 Å². The Bertz CT molecular complexity index is 599. The molecule has 5 heteroatoms. The van der Waals surface area contributed by atoms with Gasteiger partial charge in [-0.3, -0.25) is 9.59 Å². The van der Waals surface area contributed by atoms with Gasteiger partial charge in [-0.2, -0.15) is 0 Å². The smallest absolute Gasteiger partial charge is 0.316 e. The van der Waals surface area contributed by atoms with Gasteiger partial charge in [0.15, 0.2) is 11.6 Å². The molecule has 0 aromatic heterocycles. The molecule has 0 aromatic carbocycles. The first-order valence-corrected chi connectivity index (χ1v) is 9.24. The molecular weight excluding hydrogens is 304 g/mol. The average molecular weight is 332 g/mol. The summed E-state index contributed by atoms with van der Waals surface area (Å²) < 4.78 is 0. The van der Waals surface area contributed by atoms with Crippen LogP contribution in [0, 0.1) is 22.7 Å². The molecule has 0 heterocycles. The van der Waals surface area contributed by atoms with Crippen molar-refractivity contribution in [1.82, 2.24) is 10.6 Å². The summed E-state index contributed by atoms with van der Waals surface area (Å²) in [6.45, 7) is 8.35. The first kappa shape index (κ1) is 16.1. The molecule has 4 atom stereocenters. The highest BCUT2D eigenvalue weighted by Gasteiger charge is 2.67. The fourth-order valence-electron chi connectivity index (χ4n) is 6.36. The van der Waals surface area contributed by atoms with Gasteiger partial charge in [0.05, 0.1) is 0 Å². The Labute approximate surface area is 143 Å². The lowest BCUT2D eigenvalue weighted by Crippen LogP contribution is -2.66. The molecule has 0 radical (unpaired) electrons. The molecule has 5 nitrogen and oxygen atoms in total. The van der Waals surface area contributed by atoms with E-state index in [2.05, 4.69) is 38.3 Å². The van der Waals surface area contributed by atoms with Crippen molar-refractivity contribution in [2.75, 3.05) is 0 Å². The van der Waals surface area contributed by atoms with E-state index < -0.39 is 11.1 Å². The second-order valence-corrected chi connectivity index (χ2v) is 9.56. The molecule has 4 fully saturated rings. The van der Waals surface area contributed by atoms with Crippen molar-refractivity contribution >= 4 is 17.6 Å². The fraction of sp³-hybridized carbons (Fsp3) is 0.842. The third kappa shape index (κ3) is 1.59. The molecule has 132 valence electrons. The zero-order valence-electron chi connectivity index (χ0n) is 15.1. The normalized spacial score (nSPS) is 44.2. The molecule has 2 amide bonds. The Morgan fingerprint density at radius 3 is 1.46 bits per heavy atom. The van der Waals surface area contributed by atoms with Gasteiger partial charge in [0, 0.05) is 12.8 Å². The molecule has 0 saturated heterocycles. The van der Waals surface area contributed by atoms with E-state index >= 15 is 0 Å². The van der Waals surface area contributed by atoms with E-state index in [0.29, 0.717) is 37.5 Å². The first-order chi connectivity index (χ1) is 11.1. The maximum Gasteiger partial charge on any atom is 0.316 e. The summed E-state index contributed by atoms with van der Waals surface area (Å²) in [6, 6.07) is -0.344. The summed E-state index contributed by atoms with van der Waals surface area (Å²) in [7, 11) is 0. The monoisotopic (exact) mass is 332 g/mol. The molecule has 24 heavy (non-hydrogen) atoms. The van der Waals surface area contributed by atoms with Crippen molar-refractivity contribution in [1.29, 1.82) is 0 Å². The van der Waals surface area contributed by atoms with Crippen molar-refractivity contribution in [3.63, 3.8) is 0 Å². The Balaban J connectivity index is 1.58. The van der Waals surface area contributed by atoms with Crippen LogP contribution in [0.4, 0.5) is 4.79 Å². The molecule has 0 unspecified atom stereocenters. The van der Waals surface area contributed by atoms with Crippen LogP contribution in [0.15, 0.2) is 0 Å². The van der Waals surface area contributed by atoms with E-state index in [1.54, 1.807) is 0 Å². The molecule has 4 aliphatic rings. The third-order valence-corrected chi connectivity index (χ3v) is 8.45. The molecule has 4 bridgehead atoms. The average Bonchev–Trinajstić information content (AvgIpc) is 3.00. The highest BCUT2D eigenvalue weighted by Crippen LogP contribution is 2.59. The van der Waals surface area contributed by atoms with Crippen molar-refractivity contribution in [3.8, 4) is 0 Å². The molecule has 0 aromatic rings. The van der Waals surface area contributed by atoms with Gasteiger partial charge in [-0.05, 0) is 48.3 Å². The van der Waals surface area contributed by atoms with E-state index in [0.717, 1.165) is 12.8 Å². The summed E-state index contributed by atoms with van der Waals surface area (Å²) in [6.07, 6.45) is 4.51. The molecule has 0 spiro atoms. The highest BCUT2D eigenvalue weighted by molar-refractivity contribution is 6.00. The van der Waals surface area contributed by atoms with E-state index in [-0.39, 0.29) is 28.4 Å². The van der Waals surface area contributed by atoms with Crippen LogP contribution in [0.3, 0.4) is 0 Å². The van der Waals surface area contributed by atoms with E-state index in [4.69, 9.17) is 0 Å². The molecular formula is C19H28N2O3. The predicted octanol–water partition coefficient (Wildman–Crippen LogP) is 2.58. The quantitative estimate of drug-likeness (QED) is 0.816. The Kier molecular flexibility index (Phi) is 2.96. The second-order valence-electron chi connectivity index (χ2n) is 9.56. The molecule has 4 saturated carbocycles. The number of Topliss-reactive ketones (excluding diaryl/α,β-unsaturated/α-hetero) is 2. The zero-order valence-corrected chi connectivity index (χ0v) is 15.1. The number of hydrogen-bond donors (Lipinski definition) is 2. The highest BCUT2D eigenvalue weighted by atomic mass is 16.2. The number of urea groups is 1. The second kappa shape index (κ2) is 4.41. The lowest BCUT2D eigenvalue weighted by atomic mass is 9.75. The number of fused-ring (bicyclic) bond motifs is 4. The van der Waals surface area contributed by atoms with Crippen molar-refractivity contribution < 1.29 is 14.4 Å². The Hall–Kier alpha value is -1.39. The Morgan fingerprint density at radius 1 is 0.833 bits per heavy atom. The van der Waals surface area contributed by atoms with E-state index in [1.807, 2.05) is 0 Å². The van der Waals surface area contributed by atoms with Gasteiger partial charge in [-0.25, -0.2) is 4.79 Å². The number of carbonyl (C=O) groups is 3. The number of carbonyl (C=O) groups excluding carboxylic acids is 3. The van der Waals surface area contributed by atoms with Crippen LogP contribution in [0.5, 0.6) is 0 Å². The molecule has 4 aliphatic carbocycles. The number of amides is 2. The predicted molar refractivity (Wildman–Crippen MR) is 89.4 cm³/mol. The summed E-state index contributed by atoms with van der Waals surface area (Å²) in [5.41, 5.74) is -1.95. The van der Waals surface area contributed by atoms with Gasteiger partial charge in [-0.15, -0.1) is 0 Å². The van der Waals surface area contributed by atoms with Crippen molar-refractivity contribution in [2.24, 2.45) is 22.7 Å². The number of ketones is 2. The van der Waals surface area contributed by atoms with Gasteiger partial charge in [0.1, 0.15) is 11.1 Å². The molecule has 2 N–H and O–H groups in total. The summed E-state index contributed by atoms with van der Waals surface area (Å²) in [5, 5.41) is 6.07. The van der Waals surface area contributed by atoms with Crippen molar-refractivity contribution in [3.05, 3.63) is 0 Å². The van der Waals surface area contributed by atoms with Gasteiger partial charge in [-0.1, -0.05) is 27.7 Å². The van der Waals surface area contributed by atoms with Gasteiger partial charge in [0.2, 0.25) is 0 Å². The van der Waals surface area contributed by atoms with Crippen LogP contribution in [-0.2, 0) is 9.59 Å². The summed E-state index contributed by atoms with van der Waals surface area (Å²) >= 11 is 0. The van der Waals surface area contributed by atoms with Crippen LogP contribution in [0.1, 0.15) is 66.2 Å². The molecule has 4 rings (SSSR count). The SMILES string of the molecule is CC1(C)[C@@H]2CC[C@@]1(NC(=O)N[C@]13CC[C@H](CC1=O)C3(C)C)C(=O)C2. The maximum atomic E-state index is 12.9. The number of hydrogen-bond acceptors (Lipinski definition) is 3. The van der Waals surface area contributed by atoms with Crippen LogP contribution in [-0.4, -0.2) is 28.7 Å². The van der Waals surface area contributed by atoms with Gasteiger partial charge in [0.25, 0.3) is 0 Å². The standard InChI is InChI=1S/C19H28N2O3/c1-16(2)11-5-7-18(16,13(22)9-11)20-15(24)21-19-8-6-12(10-14(19)23)17(19,3)4/h11-12H,5-10H2,1-4H3,(H2,20,21,24)/t11-,12-,18-,19-/m1/s1. The molecule has 0 aliphatic heterocycles. The lowest BCUT2D eigenvalue weighted by molar-refractivity contribution is -0.125. The van der Waals surface area contributed by atoms with E-state index in [9.17, 15) is 14.4 Å². The zero-order chi connectivity index (χ0) is 17.5. The third-order valence-electron chi connectivity index (χ3n) is 8.45. The Morgan fingerprint density at radius 2 is 1.21 bits per heavy atom. The fourth-order valence-corrected chi connectivity index (χ4v) is 6.36. The number of rotatable bonds is 2. The van der Waals surface area contributed by atoms with Gasteiger partial charge >= 0.3 is 6.03 Å². The lowest BCUT2D eigenvalue weighted by Gasteiger charge is -2.41. The topological polar surface area (TPSA) is 75.3 Å². The maximum absolute atomic E-state index is 12.9. The van der Waals surface area contributed by atoms with Crippen LogP contribution >= 0.6 is 0 Å². The van der Waals surface area contributed by atoms with E-state index in [1.165, 1.54) is 0 Å². The summed E-state index contributed by atoms with van der Waals surface area (Å²) in [4.78, 5) is 38.0. The minimum Gasteiger partial charge on any atom is -0.325 e. The summed E-state index contributed by atoms with van der Waals surface area (Å²) in [5.74, 6) is 1.00. The largest absolute Gasteiger partial charge is 0.325 e. The number of nitrogens with one attached hydrogen (secondary N) is 2.